The first-order valence-corrected chi connectivity index (χ1v) is 15.0. The van der Waals surface area contributed by atoms with Gasteiger partial charge in [0.15, 0.2) is 0 Å². The Hall–Kier alpha value is -4.27. The lowest BCUT2D eigenvalue weighted by Crippen LogP contribution is -2.47. The Morgan fingerprint density at radius 3 is 2.35 bits per heavy atom. The number of pyridine rings is 1. The van der Waals surface area contributed by atoms with E-state index in [0.717, 1.165) is 29.9 Å². The van der Waals surface area contributed by atoms with Crippen molar-refractivity contribution in [2.45, 2.75) is 25.3 Å². The van der Waals surface area contributed by atoms with E-state index in [9.17, 15) is 14.4 Å². The summed E-state index contributed by atoms with van der Waals surface area (Å²) in [6.07, 6.45) is 1.67. The first kappa shape index (κ1) is 28.8. The van der Waals surface area contributed by atoms with Crippen LogP contribution in [0.2, 0.25) is 10.0 Å². The molecule has 0 radical (unpaired) electrons. The number of fused-ring (bicyclic) bond motifs is 4. The zero-order valence-electron chi connectivity index (χ0n) is 23.4. The van der Waals surface area contributed by atoms with Crippen molar-refractivity contribution >= 4 is 52.2 Å². The monoisotopic (exact) mass is 615 g/mol. The predicted octanol–water partition coefficient (Wildman–Crippen LogP) is 6.40. The van der Waals surface area contributed by atoms with E-state index in [1.807, 2.05) is 47.0 Å². The lowest BCUT2D eigenvalue weighted by molar-refractivity contribution is 0.0954. The van der Waals surface area contributed by atoms with E-state index in [0.29, 0.717) is 53.0 Å². The Morgan fingerprint density at radius 1 is 0.837 bits per heavy atom. The minimum atomic E-state index is -0.432. The fourth-order valence-electron chi connectivity index (χ4n) is 6.04. The van der Waals surface area contributed by atoms with E-state index < -0.39 is 6.03 Å². The van der Waals surface area contributed by atoms with E-state index in [1.54, 1.807) is 42.5 Å². The molecule has 10 heteroatoms. The molecule has 0 aliphatic carbocycles. The van der Waals surface area contributed by atoms with E-state index in [1.165, 1.54) is 0 Å². The van der Waals surface area contributed by atoms with Gasteiger partial charge in [0.25, 0.3) is 11.5 Å². The number of benzene rings is 3. The van der Waals surface area contributed by atoms with Crippen LogP contribution in [0.15, 0.2) is 89.7 Å². The second-order valence-electron chi connectivity index (χ2n) is 11.1. The maximum Gasteiger partial charge on any atom is 0.323 e. The van der Waals surface area contributed by atoms with Gasteiger partial charge in [-0.15, -0.1) is 0 Å². The number of carbonyl (C=O) groups excluding carboxylic acids is 2. The van der Waals surface area contributed by atoms with Crippen molar-refractivity contribution in [3.8, 4) is 0 Å². The summed E-state index contributed by atoms with van der Waals surface area (Å²) in [7, 11) is 0. The van der Waals surface area contributed by atoms with Crippen molar-refractivity contribution in [3.63, 3.8) is 0 Å². The molecule has 0 spiro atoms. The topological polar surface area (TPSA) is 95.5 Å². The number of hydrogen-bond acceptors (Lipinski definition) is 4. The molecule has 3 N–H and O–H groups in total. The Balaban J connectivity index is 1.23. The number of amides is 3. The zero-order chi connectivity index (χ0) is 29.9. The largest absolute Gasteiger partial charge is 0.369 e. The van der Waals surface area contributed by atoms with Crippen LogP contribution in [0.1, 0.15) is 34.0 Å². The third-order valence-electron chi connectivity index (χ3n) is 8.04. The number of nitrogens with one attached hydrogen (secondary N) is 3. The number of urea groups is 1. The number of nitrogens with zero attached hydrogens (tertiary/aromatic N) is 2. The number of hydrogen-bond donors (Lipinski definition) is 3. The summed E-state index contributed by atoms with van der Waals surface area (Å²) in [5.41, 5.74) is 4.53. The first-order chi connectivity index (χ1) is 20.8. The number of halogens is 2. The van der Waals surface area contributed by atoms with Crippen LogP contribution in [0.25, 0.3) is 0 Å². The third kappa shape index (κ3) is 6.71. The summed E-state index contributed by atoms with van der Waals surface area (Å²) in [4.78, 5) is 41.0. The Labute approximate surface area is 259 Å². The Morgan fingerprint density at radius 2 is 1.58 bits per heavy atom. The normalized spacial score (nSPS) is 17.1. The van der Waals surface area contributed by atoms with Crippen molar-refractivity contribution in [3.05, 3.63) is 122 Å². The van der Waals surface area contributed by atoms with Gasteiger partial charge in [0.1, 0.15) is 0 Å². The number of carbonyl (C=O) groups is 2. The van der Waals surface area contributed by atoms with Crippen molar-refractivity contribution < 1.29 is 9.59 Å². The minimum Gasteiger partial charge on any atom is -0.369 e. The Bertz CT molecular complexity index is 1710. The summed E-state index contributed by atoms with van der Waals surface area (Å²) in [6.45, 7) is 2.55. The molecular weight excluding hydrogens is 585 g/mol. The molecule has 4 aromatic rings. The number of piperidine rings is 1. The third-order valence-corrected chi connectivity index (χ3v) is 8.55. The number of rotatable bonds is 7. The first-order valence-electron chi connectivity index (χ1n) is 14.3. The average Bonchev–Trinajstić information content (AvgIpc) is 3.00. The van der Waals surface area contributed by atoms with Crippen LogP contribution in [-0.2, 0) is 13.0 Å². The van der Waals surface area contributed by atoms with Crippen LogP contribution in [-0.4, -0.2) is 36.1 Å². The summed E-state index contributed by atoms with van der Waals surface area (Å²) in [6, 6.07) is 24.8. The Kier molecular flexibility index (Phi) is 8.40. The minimum absolute atomic E-state index is 0.0355. The molecule has 3 amide bonds. The fourth-order valence-corrected chi connectivity index (χ4v) is 6.29. The molecule has 2 aliphatic heterocycles. The van der Waals surface area contributed by atoms with Crippen LogP contribution in [0.5, 0.6) is 0 Å². The molecule has 0 unspecified atom stereocenters. The maximum absolute atomic E-state index is 13.1. The van der Waals surface area contributed by atoms with Crippen molar-refractivity contribution in [1.29, 1.82) is 0 Å². The van der Waals surface area contributed by atoms with Crippen LogP contribution in [0.4, 0.5) is 21.9 Å². The van der Waals surface area contributed by atoms with Gasteiger partial charge in [-0.2, -0.15) is 0 Å². The molecule has 3 aromatic carbocycles. The van der Waals surface area contributed by atoms with Gasteiger partial charge in [-0.05, 0) is 85.0 Å². The lowest BCUT2D eigenvalue weighted by Gasteiger charge is -2.44. The second-order valence-corrected chi connectivity index (χ2v) is 11.9. The van der Waals surface area contributed by atoms with Crippen LogP contribution >= 0.6 is 23.2 Å². The van der Waals surface area contributed by atoms with Crippen LogP contribution in [0, 0.1) is 5.92 Å². The van der Waals surface area contributed by atoms with E-state index >= 15 is 0 Å². The van der Waals surface area contributed by atoms with Gasteiger partial charge in [-0.3, -0.25) is 9.59 Å². The average molecular weight is 617 g/mol. The fraction of sp³-hybridized carbons (Fsp3) is 0.242. The molecule has 0 saturated carbocycles. The van der Waals surface area contributed by atoms with Gasteiger partial charge in [-0.25, -0.2) is 4.79 Å². The lowest BCUT2D eigenvalue weighted by atomic mass is 9.83. The van der Waals surface area contributed by atoms with E-state index in [2.05, 4.69) is 20.9 Å². The van der Waals surface area contributed by atoms with Gasteiger partial charge >= 0.3 is 6.03 Å². The molecular formula is C33H31Cl2N5O3. The van der Waals surface area contributed by atoms with Crippen molar-refractivity contribution in [2.24, 2.45) is 5.92 Å². The molecule has 3 heterocycles. The maximum atomic E-state index is 13.1. The zero-order valence-corrected chi connectivity index (χ0v) is 24.9. The molecule has 1 saturated heterocycles. The number of aromatic nitrogens is 1. The molecule has 8 nitrogen and oxygen atoms in total. The summed E-state index contributed by atoms with van der Waals surface area (Å²) in [5.74, 6) is 0.247. The molecule has 2 atom stereocenters. The van der Waals surface area contributed by atoms with Crippen molar-refractivity contribution in [2.75, 3.05) is 35.2 Å². The molecule has 220 valence electrons. The van der Waals surface area contributed by atoms with Crippen LogP contribution < -0.4 is 26.4 Å². The quantitative estimate of drug-likeness (QED) is 0.224. The standard InChI is InChI=1S/C33H31Cl2N5O3/c34-25-7-4-21(5-8-25)14-15-36-32(42)23-6-13-30(28(17-23)38-33(43)37-27-11-9-26(35)10-12-27)39-18-22-16-24(20-39)29-2-1-3-31(41)40(29)19-22/h1-13,17,22,24H,14-16,18-20H2,(H,36,42)(H2,37,38,43)/t22-,24+/m1/s1. The van der Waals surface area contributed by atoms with E-state index in [-0.39, 0.29) is 23.3 Å². The number of anilines is 3. The van der Waals surface area contributed by atoms with E-state index in [4.69, 9.17) is 23.2 Å². The SMILES string of the molecule is O=C(Nc1ccc(Cl)cc1)Nc1cc(C(=O)NCCc2ccc(Cl)cc2)ccc1N1C[C@H]2C[C@@H](C1)c1cccc(=O)n1C2. The molecule has 2 bridgehead atoms. The summed E-state index contributed by atoms with van der Waals surface area (Å²) < 4.78 is 1.90. The highest BCUT2D eigenvalue weighted by molar-refractivity contribution is 6.30. The molecule has 1 fully saturated rings. The highest BCUT2D eigenvalue weighted by atomic mass is 35.5. The smallest absolute Gasteiger partial charge is 0.323 e. The summed E-state index contributed by atoms with van der Waals surface area (Å²) in [5, 5.41) is 10.0. The van der Waals surface area contributed by atoms with Crippen LogP contribution in [0.3, 0.4) is 0 Å². The molecule has 6 rings (SSSR count). The highest BCUT2D eigenvalue weighted by Crippen LogP contribution is 2.39. The van der Waals surface area contributed by atoms with Gasteiger partial charge in [0.05, 0.1) is 11.4 Å². The second kappa shape index (κ2) is 12.5. The highest BCUT2D eigenvalue weighted by Gasteiger charge is 2.35. The van der Waals surface area contributed by atoms with Crippen molar-refractivity contribution in [1.82, 2.24) is 9.88 Å². The van der Waals surface area contributed by atoms with Gasteiger partial charge in [-0.1, -0.05) is 41.4 Å². The summed E-state index contributed by atoms with van der Waals surface area (Å²) >= 11 is 12.0. The predicted molar refractivity (Wildman–Crippen MR) is 172 cm³/mol. The molecule has 43 heavy (non-hydrogen) atoms. The molecule has 2 aliphatic rings. The van der Waals surface area contributed by atoms with Gasteiger partial charge < -0.3 is 25.4 Å². The van der Waals surface area contributed by atoms with Gasteiger partial charge in [0.2, 0.25) is 0 Å². The van der Waals surface area contributed by atoms with Gasteiger partial charge in [0, 0.05) is 65.2 Å². The molecule has 1 aromatic heterocycles.